The number of carbonyl (C=O) groups is 1. The second kappa shape index (κ2) is 12.5. The first-order valence-corrected chi connectivity index (χ1v) is 14.2. The van der Waals surface area contributed by atoms with Gasteiger partial charge in [-0.2, -0.15) is 4.39 Å². The van der Waals surface area contributed by atoms with Gasteiger partial charge in [0.05, 0.1) is 11.2 Å². The molecule has 1 amide bonds. The Hall–Kier alpha value is -4.76. The highest BCUT2D eigenvalue weighted by atomic mass is 35.5. The zero-order valence-corrected chi connectivity index (χ0v) is 24.3. The number of nitrogen functional groups attached to an aromatic ring is 1. The van der Waals surface area contributed by atoms with Crippen LogP contribution in [-0.2, 0) is 11.2 Å². The number of aromatic hydroxyl groups is 1. The lowest BCUT2D eigenvalue weighted by Gasteiger charge is -2.22. The molecule has 2 atom stereocenters. The summed E-state index contributed by atoms with van der Waals surface area (Å²) in [5, 5.41) is 17.8. The number of carbonyl (C=O) groups excluding carboxylic acids is 1. The standard InChI is InChI=1S/C29H23ClF2N6O5S/c1-38-10-9-36-28(38)16-12-15(44(41)22-4-2-3-17(30)23(22)27(35)40)6-8-20(16)42-25-18(31)13-37-29(24(25)32)43-21-11-14(26(33)34)5-7-19(21)39/h2-9,11-13,28,39H,10H2,1H3,(H3,33,34)(H2,35,40). The number of phenolic OH excluding ortho intramolecular Hbond substituents is 1. The van der Waals surface area contributed by atoms with Gasteiger partial charge in [0.25, 0.3) is 11.8 Å². The van der Waals surface area contributed by atoms with E-state index in [1.54, 1.807) is 13.3 Å². The van der Waals surface area contributed by atoms with Gasteiger partial charge < -0.3 is 30.6 Å². The molecule has 0 saturated heterocycles. The minimum atomic E-state index is -1.95. The molecule has 0 bridgehead atoms. The van der Waals surface area contributed by atoms with Crippen molar-refractivity contribution in [3.05, 3.63) is 94.1 Å². The van der Waals surface area contributed by atoms with E-state index in [0.29, 0.717) is 18.3 Å². The fourth-order valence-corrected chi connectivity index (χ4v) is 5.94. The quantitative estimate of drug-likeness (QED) is 0.113. The number of aromatic nitrogens is 1. The number of primary amides is 1. The Labute approximate surface area is 257 Å². The summed E-state index contributed by atoms with van der Waals surface area (Å²) in [5.41, 5.74) is 11.4. The van der Waals surface area contributed by atoms with Gasteiger partial charge in [-0.1, -0.05) is 17.7 Å². The van der Waals surface area contributed by atoms with Crippen LogP contribution in [0.25, 0.3) is 0 Å². The van der Waals surface area contributed by atoms with Crippen LogP contribution in [0, 0.1) is 17.0 Å². The Morgan fingerprint density at radius 1 is 1.16 bits per heavy atom. The van der Waals surface area contributed by atoms with Crippen molar-refractivity contribution in [2.24, 2.45) is 16.5 Å². The number of nitrogens with two attached hydrogens (primary N) is 2. The topological polar surface area (TPSA) is 183 Å². The Balaban J connectivity index is 1.55. The molecule has 0 saturated carbocycles. The highest BCUT2D eigenvalue weighted by Crippen LogP contribution is 2.41. The molecule has 5 rings (SSSR count). The van der Waals surface area contributed by atoms with Crippen LogP contribution in [0.5, 0.6) is 28.9 Å². The number of benzene rings is 3. The fourth-order valence-electron chi connectivity index (χ4n) is 4.34. The number of amidine groups is 1. The van der Waals surface area contributed by atoms with Crippen LogP contribution < -0.4 is 20.9 Å². The number of ether oxygens (including phenoxy) is 2. The number of phenols is 1. The van der Waals surface area contributed by atoms with E-state index in [1.807, 2.05) is 4.90 Å². The number of pyridine rings is 1. The smallest absolute Gasteiger partial charge is 0.260 e. The first-order valence-electron chi connectivity index (χ1n) is 12.7. The maximum Gasteiger partial charge on any atom is 0.260 e. The van der Waals surface area contributed by atoms with Gasteiger partial charge in [0.15, 0.2) is 27.1 Å². The van der Waals surface area contributed by atoms with Gasteiger partial charge in [0.1, 0.15) is 23.3 Å². The molecule has 15 heteroatoms. The molecule has 0 spiro atoms. The van der Waals surface area contributed by atoms with E-state index in [1.165, 1.54) is 54.6 Å². The molecule has 0 aliphatic carbocycles. The van der Waals surface area contributed by atoms with Crippen LogP contribution in [0.2, 0.25) is 5.02 Å². The molecule has 0 fully saturated rings. The highest BCUT2D eigenvalue weighted by Gasteiger charge is 2.30. The van der Waals surface area contributed by atoms with Gasteiger partial charge in [-0.3, -0.25) is 20.1 Å². The van der Waals surface area contributed by atoms with Crippen LogP contribution in [0.3, 0.4) is 0 Å². The first kappa shape index (κ1) is 30.7. The van der Waals surface area contributed by atoms with Crippen LogP contribution in [0.15, 0.2) is 75.6 Å². The van der Waals surface area contributed by atoms with Crippen molar-refractivity contribution < 1.29 is 32.7 Å². The summed E-state index contributed by atoms with van der Waals surface area (Å²) >= 11 is 4.21. The normalized spacial score (nSPS) is 15.2. The summed E-state index contributed by atoms with van der Waals surface area (Å²) < 4.78 is 55.3. The second-order valence-electron chi connectivity index (χ2n) is 9.45. The third-order valence-electron chi connectivity index (χ3n) is 6.52. The first-order chi connectivity index (χ1) is 21.0. The predicted octanol–water partition coefficient (Wildman–Crippen LogP) is 4.87. The van der Waals surface area contributed by atoms with E-state index in [4.69, 9.17) is 38.0 Å². The van der Waals surface area contributed by atoms with Crippen LogP contribution in [0.1, 0.15) is 27.7 Å². The molecule has 1 aromatic heterocycles. The summed E-state index contributed by atoms with van der Waals surface area (Å²) in [6.45, 7) is 0.455. The van der Waals surface area contributed by atoms with Crippen molar-refractivity contribution in [3.8, 4) is 28.9 Å². The van der Waals surface area contributed by atoms with Crippen molar-refractivity contribution in [1.82, 2.24) is 9.88 Å². The van der Waals surface area contributed by atoms with E-state index in [9.17, 15) is 18.8 Å². The summed E-state index contributed by atoms with van der Waals surface area (Å²) in [6.07, 6.45) is 1.64. The second-order valence-corrected chi connectivity index (χ2v) is 11.3. The van der Waals surface area contributed by atoms with Gasteiger partial charge in [0.2, 0.25) is 11.6 Å². The van der Waals surface area contributed by atoms with Crippen molar-refractivity contribution in [1.29, 1.82) is 5.41 Å². The van der Waals surface area contributed by atoms with Gasteiger partial charge >= 0.3 is 0 Å². The van der Waals surface area contributed by atoms with E-state index < -0.39 is 52.3 Å². The van der Waals surface area contributed by atoms with Crippen molar-refractivity contribution in [2.45, 2.75) is 16.0 Å². The monoisotopic (exact) mass is 640 g/mol. The molecular formula is C29H23ClF2N6O5S. The molecule has 2 heterocycles. The van der Waals surface area contributed by atoms with E-state index >= 15 is 4.39 Å². The van der Waals surface area contributed by atoms with E-state index in [-0.39, 0.29) is 43.3 Å². The lowest BCUT2D eigenvalue weighted by Crippen LogP contribution is -2.20. The molecule has 6 N–H and O–H groups in total. The maximum absolute atomic E-state index is 15.6. The molecule has 0 radical (unpaired) electrons. The molecule has 2 unspecified atom stereocenters. The van der Waals surface area contributed by atoms with Crippen LogP contribution in [-0.4, -0.2) is 51.1 Å². The number of nitrogens with one attached hydrogen (secondary N) is 1. The van der Waals surface area contributed by atoms with Crippen LogP contribution in [0.4, 0.5) is 8.78 Å². The average molecular weight is 641 g/mol. The lowest BCUT2D eigenvalue weighted by molar-refractivity contribution is 0.0997. The number of halogens is 3. The fraction of sp³-hybridized carbons (Fsp3) is 0.103. The molecule has 1 aliphatic heterocycles. The van der Waals surface area contributed by atoms with Crippen LogP contribution >= 0.6 is 11.6 Å². The van der Waals surface area contributed by atoms with E-state index in [2.05, 4.69) is 9.98 Å². The SMILES string of the molecule is CN1CC=NC1c1cc([S+]([O-])c2cccc(Cl)c2C(N)=O)ccc1Oc1c(F)cnc(Oc2cc(C(=N)N)ccc2O)c1F. The zero-order valence-electron chi connectivity index (χ0n) is 22.8. The largest absolute Gasteiger partial charge is 0.606 e. The van der Waals surface area contributed by atoms with Crippen molar-refractivity contribution in [2.75, 3.05) is 13.6 Å². The number of hydrogen-bond donors (Lipinski definition) is 4. The van der Waals surface area contributed by atoms with Gasteiger partial charge in [-0.25, -0.2) is 9.37 Å². The average Bonchev–Trinajstić information content (AvgIpc) is 3.42. The number of aliphatic imine (C=N–C) groups is 1. The third kappa shape index (κ3) is 6.01. The third-order valence-corrected chi connectivity index (χ3v) is 8.25. The molecule has 226 valence electrons. The Morgan fingerprint density at radius 3 is 2.61 bits per heavy atom. The summed E-state index contributed by atoms with van der Waals surface area (Å²) in [7, 11) is 1.76. The number of hydrogen-bond acceptors (Lipinski definition) is 9. The minimum Gasteiger partial charge on any atom is -0.606 e. The van der Waals surface area contributed by atoms with Gasteiger partial charge in [0, 0.05) is 41.1 Å². The maximum atomic E-state index is 15.6. The molecule has 44 heavy (non-hydrogen) atoms. The highest BCUT2D eigenvalue weighted by molar-refractivity contribution is 7.91. The zero-order chi connectivity index (χ0) is 31.7. The molecule has 3 aromatic carbocycles. The lowest BCUT2D eigenvalue weighted by atomic mass is 10.1. The number of amides is 1. The number of rotatable bonds is 9. The Morgan fingerprint density at radius 2 is 1.93 bits per heavy atom. The van der Waals surface area contributed by atoms with Crippen molar-refractivity contribution >= 4 is 40.7 Å². The summed E-state index contributed by atoms with van der Waals surface area (Å²) in [5.74, 6) is -6.00. The predicted molar refractivity (Wildman–Crippen MR) is 158 cm³/mol. The summed E-state index contributed by atoms with van der Waals surface area (Å²) in [6, 6.07) is 12.4. The molecular weight excluding hydrogens is 618 g/mol. The summed E-state index contributed by atoms with van der Waals surface area (Å²) in [4.78, 5) is 22.2. The van der Waals surface area contributed by atoms with E-state index in [0.717, 1.165) is 0 Å². The Bertz CT molecular complexity index is 1830. The van der Waals surface area contributed by atoms with Gasteiger partial charge in [-0.05, 0) is 49.5 Å². The van der Waals surface area contributed by atoms with Gasteiger partial charge in [-0.15, -0.1) is 0 Å². The Kier molecular flexibility index (Phi) is 8.69. The minimum absolute atomic E-state index is 0.0285. The molecule has 1 aliphatic rings. The molecule has 11 nitrogen and oxygen atoms in total. The molecule has 4 aromatic rings. The number of nitrogens with zero attached hydrogens (tertiary/aromatic N) is 3. The van der Waals surface area contributed by atoms with Crippen molar-refractivity contribution in [3.63, 3.8) is 0 Å².